The van der Waals surface area contributed by atoms with Gasteiger partial charge in [-0.25, -0.2) is 4.98 Å². The summed E-state index contributed by atoms with van der Waals surface area (Å²) in [7, 11) is 0. The highest BCUT2D eigenvalue weighted by atomic mass is 16.3. The molecule has 0 radical (unpaired) electrons. The van der Waals surface area contributed by atoms with Gasteiger partial charge in [0.2, 0.25) is 5.91 Å². The summed E-state index contributed by atoms with van der Waals surface area (Å²) in [6, 6.07) is 21.9. The van der Waals surface area contributed by atoms with Crippen LogP contribution in [-0.4, -0.2) is 61.5 Å². The molecule has 1 amide bonds. The molecule has 2 saturated heterocycles. The van der Waals surface area contributed by atoms with Crippen LogP contribution in [0.2, 0.25) is 0 Å². The quantitative estimate of drug-likeness (QED) is 0.410. The van der Waals surface area contributed by atoms with Crippen molar-refractivity contribution in [1.29, 1.82) is 0 Å². The number of benzene rings is 2. The van der Waals surface area contributed by atoms with E-state index in [0.717, 1.165) is 46.6 Å². The molecule has 2 aliphatic rings. The topological polar surface area (TPSA) is 85.3 Å². The number of aliphatic hydroxyl groups excluding tert-OH is 1. The molecule has 2 aliphatic heterocycles. The van der Waals surface area contributed by atoms with Crippen LogP contribution in [0.25, 0.3) is 22.4 Å². The van der Waals surface area contributed by atoms with Crippen molar-refractivity contribution < 1.29 is 9.90 Å². The van der Waals surface area contributed by atoms with E-state index >= 15 is 0 Å². The fourth-order valence-electron chi connectivity index (χ4n) is 5.66. The number of nitrogens with zero attached hydrogens (tertiary/aromatic N) is 4. The van der Waals surface area contributed by atoms with Crippen LogP contribution in [0, 0.1) is 0 Å². The fraction of sp³-hybridized carbons (Fsp3) is 0.300. The summed E-state index contributed by atoms with van der Waals surface area (Å²) < 4.78 is 0. The summed E-state index contributed by atoms with van der Waals surface area (Å²) in [5, 5.41) is 10.2. The molecule has 0 saturated carbocycles. The predicted octanol–water partition coefficient (Wildman–Crippen LogP) is 4.61. The first-order chi connectivity index (χ1) is 18.2. The molecule has 2 fully saturated rings. The normalized spacial score (nSPS) is 20.8. The van der Waals surface area contributed by atoms with Crippen LogP contribution < -0.4 is 0 Å². The lowest BCUT2D eigenvalue weighted by atomic mass is 10.0. The summed E-state index contributed by atoms with van der Waals surface area (Å²) in [4.78, 5) is 30.4. The van der Waals surface area contributed by atoms with Gasteiger partial charge >= 0.3 is 0 Å². The van der Waals surface area contributed by atoms with Gasteiger partial charge in [0.1, 0.15) is 11.9 Å². The standard InChI is InChI=1S/C30H31N5O2/c36-25-14-18-34(20-25)28(24-5-2-1-3-6-24)30(37)35-17-4-7-27(35)29-32-19-26(33-29)23-10-8-21(9-11-23)22-12-15-31-16-13-22/h1-3,5-6,8-13,15-16,19,25,27-28,36H,4,7,14,17-18,20H2,(H,32,33)/t25-,27+,28?/m1/s1. The second-order valence-corrected chi connectivity index (χ2v) is 9.94. The van der Waals surface area contributed by atoms with Crippen molar-refractivity contribution in [2.75, 3.05) is 19.6 Å². The first-order valence-electron chi connectivity index (χ1n) is 13.0. The molecule has 0 bridgehead atoms. The van der Waals surface area contributed by atoms with E-state index in [9.17, 15) is 9.90 Å². The zero-order valence-electron chi connectivity index (χ0n) is 20.7. The van der Waals surface area contributed by atoms with Gasteiger partial charge in [-0.15, -0.1) is 0 Å². The molecule has 3 atom stereocenters. The molecule has 2 aromatic carbocycles. The highest BCUT2D eigenvalue weighted by Crippen LogP contribution is 2.36. The molecule has 4 heterocycles. The number of carbonyl (C=O) groups is 1. The number of aromatic nitrogens is 3. The number of likely N-dealkylation sites (tertiary alicyclic amines) is 2. The van der Waals surface area contributed by atoms with Crippen LogP contribution in [0.3, 0.4) is 0 Å². The van der Waals surface area contributed by atoms with Crippen LogP contribution in [0.15, 0.2) is 85.3 Å². The largest absolute Gasteiger partial charge is 0.392 e. The Morgan fingerprint density at radius 1 is 0.919 bits per heavy atom. The van der Waals surface area contributed by atoms with E-state index < -0.39 is 6.04 Å². The second kappa shape index (κ2) is 10.3. The number of pyridine rings is 1. The van der Waals surface area contributed by atoms with Crippen LogP contribution >= 0.6 is 0 Å². The van der Waals surface area contributed by atoms with Gasteiger partial charge in [-0.3, -0.25) is 14.7 Å². The molecule has 4 aromatic rings. The molecule has 6 rings (SSSR count). The molecular weight excluding hydrogens is 462 g/mol. The maximum absolute atomic E-state index is 14.0. The average Bonchev–Trinajstić information content (AvgIpc) is 3.71. The zero-order valence-corrected chi connectivity index (χ0v) is 20.7. The molecular formula is C30H31N5O2. The summed E-state index contributed by atoms with van der Waals surface area (Å²) in [6.07, 6.45) is 7.60. The Morgan fingerprint density at radius 2 is 1.65 bits per heavy atom. The molecule has 0 aliphatic carbocycles. The van der Waals surface area contributed by atoms with E-state index in [1.54, 1.807) is 12.4 Å². The molecule has 7 heteroatoms. The minimum absolute atomic E-state index is 0.0856. The molecule has 2 N–H and O–H groups in total. The van der Waals surface area contributed by atoms with Gasteiger partial charge in [0.05, 0.1) is 24.0 Å². The van der Waals surface area contributed by atoms with Crippen LogP contribution in [0.5, 0.6) is 0 Å². The lowest BCUT2D eigenvalue weighted by Gasteiger charge is -2.33. The van der Waals surface area contributed by atoms with Crippen LogP contribution in [-0.2, 0) is 4.79 Å². The SMILES string of the molecule is O=C(C(c1ccccc1)N1CC[C@@H](O)C1)N1CCC[C@H]1c1ncc(-c2ccc(-c3ccncc3)cc2)[nH]1. The predicted molar refractivity (Wildman–Crippen MR) is 142 cm³/mol. The maximum atomic E-state index is 14.0. The van der Waals surface area contributed by atoms with Crippen molar-refractivity contribution in [3.05, 3.63) is 96.7 Å². The number of amides is 1. The van der Waals surface area contributed by atoms with Crippen molar-refractivity contribution in [1.82, 2.24) is 24.8 Å². The number of hydrogen-bond acceptors (Lipinski definition) is 5. The fourth-order valence-corrected chi connectivity index (χ4v) is 5.66. The molecule has 37 heavy (non-hydrogen) atoms. The van der Waals surface area contributed by atoms with Crippen LogP contribution in [0.4, 0.5) is 0 Å². The third-order valence-electron chi connectivity index (χ3n) is 7.57. The van der Waals surface area contributed by atoms with E-state index in [1.165, 1.54) is 0 Å². The number of aromatic amines is 1. The van der Waals surface area contributed by atoms with Gasteiger partial charge in [-0.2, -0.15) is 0 Å². The van der Waals surface area contributed by atoms with E-state index in [4.69, 9.17) is 4.98 Å². The Balaban J connectivity index is 1.23. The summed E-state index contributed by atoms with van der Waals surface area (Å²) in [5.41, 5.74) is 5.24. The highest BCUT2D eigenvalue weighted by molar-refractivity contribution is 5.84. The number of nitrogens with one attached hydrogen (secondary N) is 1. The van der Waals surface area contributed by atoms with Gasteiger partial charge in [0.25, 0.3) is 0 Å². The minimum Gasteiger partial charge on any atom is -0.392 e. The van der Waals surface area contributed by atoms with Crippen molar-refractivity contribution in [3.63, 3.8) is 0 Å². The zero-order chi connectivity index (χ0) is 25.2. The Kier molecular flexibility index (Phi) is 6.55. The Bertz CT molecular complexity index is 1340. The van der Waals surface area contributed by atoms with Gasteiger partial charge < -0.3 is 15.0 Å². The second-order valence-electron chi connectivity index (χ2n) is 9.94. The first-order valence-corrected chi connectivity index (χ1v) is 13.0. The van der Waals surface area contributed by atoms with E-state index in [1.807, 2.05) is 53.6 Å². The van der Waals surface area contributed by atoms with Crippen molar-refractivity contribution >= 4 is 5.91 Å². The van der Waals surface area contributed by atoms with Crippen molar-refractivity contribution in [3.8, 4) is 22.4 Å². The summed E-state index contributed by atoms with van der Waals surface area (Å²) in [5.74, 6) is 0.912. The smallest absolute Gasteiger partial charge is 0.245 e. The number of hydrogen-bond donors (Lipinski definition) is 2. The molecule has 0 spiro atoms. The van der Waals surface area contributed by atoms with Crippen LogP contribution in [0.1, 0.15) is 42.7 Å². The van der Waals surface area contributed by atoms with Gasteiger partial charge in [-0.05, 0) is 53.6 Å². The molecule has 2 aromatic heterocycles. The number of β-amino-alcohol motifs (C(OH)–C–C–N with tert-alkyl or cyclic N) is 1. The Labute approximate surface area is 216 Å². The summed E-state index contributed by atoms with van der Waals surface area (Å²) >= 11 is 0. The monoisotopic (exact) mass is 493 g/mol. The van der Waals surface area contributed by atoms with E-state index in [2.05, 4.69) is 39.1 Å². The average molecular weight is 494 g/mol. The number of aliphatic hydroxyl groups is 1. The lowest BCUT2D eigenvalue weighted by Crippen LogP contribution is -2.42. The Hall–Kier alpha value is -3.81. The maximum Gasteiger partial charge on any atom is 0.245 e. The number of imidazole rings is 1. The summed E-state index contributed by atoms with van der Waals surface area (Å²) in [6.45, 7) is 1.94. The Morgan fingerprint density at radius 3 is 2.38 bits per heavy atom. The molecule has 188 valence electrons. The number of H-pyrrole nitrogens is 1. The molecule has 7 nitrogen and oxygen atoms in total. The van der Waals surface area contributed by atoms with Gasteiger partial charge in [-0.1, -0.05) is 54.6 Å². The number of carbonyl (C=O) groups excluding carboxylic acids is 1. The van der Waals surface area contributed by atoms with E-state index in [-0.39, 0.29) is 18.1 Å². The van der Waals surface area contributed by atoms with Gasteiger partial charge in [0, 0.05) is 32.0 Å². The minimum atomic E-state index is -0.394. The van der Waals surface area contributed by atoms with Crippen molar-refractivity contribution in [2.45, 2.75) is 37.5 Å². The lowest BCUT2D eigenvalue weighted by molar-refractivity contribution is -0.138. The molecule has 1 unspecified atom stereocenters. The third-order valence-corrected chi connectivity index (χ3v) is 7.57. The van der Waals surface area contributed by atoms with E-state index in [0.29, 0.717) is 26.1 Å². The first kappa shape index (κ1) is 23.6. The van der Waals surface area contributed by atoms with Gasteiger partial charge in [0.15, 0.2) is 0 Å². The number of rotatable bonds is 6. The third kappa shape index (κ3) is 4.80. The van der Waals surface area contributed by atoms with Crippen molar-refractivity contribution in [2.24, 2.45) is 0 Å². The highest BCUT2D eigenvalue weighted by Gasteiger charge is 2.40.